The van der Waals surface area contributed by atoms with E-state index >= 15 is 0 Å². The van der Waals surface area contributed by atoms with Gasteiger partial charge in [-0.2, -0.15) is 8.42 Å². The molecule has 0 saturated carbocycles. The highest BCUT2D eigenvalue weighted by Crippen LogP contribution is 2.24. The maximum absolute atomic E-state index is 12.7. The van der Waals surface area contributed by atoms with Gasteiger partial charge < -0.3 is 0 Å². The van der Waals surface area contributed by atoms with Crippen LogP contribution in [0, 0.1) is 31.0 Å². The number of sulfonamides is 1. The van der Waals surface area contributed by atoms with Gasteiger partial charge in [-0.05, 0) is 61.6 Å². The minimum Gasteiger partial charge on any atom is -0.222 e. The first kappa shape index (κ1) is 22.0. The molecule has 150 valence electrons. The van der Waals surface area contributed by atoms with Crippen molar-refractivity contribution in [1.82, 2.24) is 0 Å². The molecule has 11 heteroatoms. The summed E-state index contributed by atoms with van der Waals surface area (Å²) in [5, 5.41) is 0. The lowest BCUT2D eigenvalue weighted by Gasteiger charge is -2.17. The highest BCUT2D eigenvalue weighted by Gasteiger charge is 2.27. The van der Waals surface area contributed by atoms with Crippen LogP contribution in [-0.4, -0.2) is 8.42 Å². The van der Waals surface area contributed by atoms with Crippen LogP contribution in [0.4, 0.5) is 0 Å². The van der Waals surface area contributed by atoms with Crippen molar-refractivity contribution in [3.8, 4) is 0 Å². The number of nitrogens with zero attached hydrogens (tertiary/aromatic N) is 1. The quantitative estimate of drug-likeness (QED) is 0.552. The summed E-state index contributed by atoms with van der Waals surface area (Å²) < 4.78 is 61.1. The Morgan fingerprint density at radius 1 is 1.04 bits per heavy atom. The van der Waals surface area contributed by atoms with Crippen LogP contribution in [-0.2, 0) is 22.9 Å². The molecular weight excluding hydrogens is 416 g/mol. The van der Waals surface area contributed by atoms with E-state index in [4.69, 9.17) is 18.6 Å². The lowest BCUT2D eigenvalue weighted by molar-refractivity contribution is -2.00. The lowest BCUT2D eigenvalue weighted by atomic mass is 10.0. The molecule has 1 aromatic heterocycles. The molecule has 1 aromatic carbocycles. The Hall–Kier alpha value is -1.27. The SMILES string of the molecule is Cc1cc(C)c(S(=O)(=O)N[n+]2cc3c(s2)CCCC3)c(C)c1.[O-][Cl+3]([O-])([O-])[O-]. The van der Waals surface area contributed by atoms with E-state index in [0.29, 0.717) is 4.90 Å². The van der Waals surface area contributed by atoms with E-state index in [1.807, 2.05) is 39.1 Å². The molecule has 1 aliphatic carbocycles. The zero-order chi connectivity index (χ0) is 20.4. The van der Waals surface area contributed by atoms with Crippen molar-refractivity contribution in [1.29, 1.82) is 0 Å². The predicted molar refractivity (Wildman–Crippen MR) is 88.4 cm³/mol. The Morgan fingerprint density at radius 2 is 1.56 bits per heavy atom. The van der Waals surface area contributed by atoms with Crippen LogP contribution in [0.1, 0.15) is 40.0 Å². The Balaban J connectivity index is 0.000000465. The smallest absolute Gasteiger partial charge is 0.222 e. The lowest BCUT2D eigenvalue weighted by Crippen LogP contribution is -2.68. The average Bonchev–Trinajstić information content (AvgIpc) is 2.84. The topological polar surface area (TPSA) is 142 Å². The fraction of sp³-hybridized carbons (Fsp3) is 0.438. The van der Waals surface area contributed by atoms with Gasteiger partial charge in [0.25, 0.3) is 0 Å². The van der Waals surface area contributed by atoms with Crippen molar-refractivity contribution in [3.63, 3.8) is 0 Å². The number of aromatic nitrogens is 1. The first-order valence-electron chi connectivity index (χ1n) is 8.13. The molecule has 0 saturated heterocycles. The standard InChI is InChI=1S/C16H21N2O2S2.ClHO4/c1-11-8-12(2)16(13(3)9-11)22(19,20)17-18-10-14-6-4-5-7-15(14)21-18;2-1(3,4)5/h8-10,17H,4-7H2,1-3H3;(H,2,3,4,5)/q+1;/p-1. The summed E-state index contributed by atoms with van der Waals surface area (Å²) in [7, 11) is -8.51. The molecular formula is C16H21ClN2O6S2. The Bertz CT molecular complexity index is 869. The fourth-order valence-corrected chi connectivity index (χ4v) is 5.94. The molecule has 1 aliphatic rings. The van der Waals surface area contributed by atoms with Crippen LogP contribution in [0.2, 0.25) is 0 Å². The van der Waals surface area contributed by atoms with Crippen molar-refractivity contribution >= 4 is 21.6 Å². The summed E-state index contributed by atoms with van der Waals surface area (Å²) in [4.78, 5) is 4.38. The Kier molecular flexibility index (Phi) is 6.85. The van der Waals surface area contributed by atoms with Crippen LogP contribution >= 0.6 is 11.5 Å². The van der Waals surface area contributed by atoms with Crippen LogP contribution in [0.3, 0.4) is 0 Å². The van der Waals surface area contributed by atoms with E-state index in [-0.39, 0.29) is 0 Å². The minimum absolute atomic E-state index is 0.386. The van der Waals surface area contributed by atoms with E-state index in [2.05, 4.69) is 4.83 Å². The minimum atomic E-state index is -4.94. The molecule has 0 amide bonds. The third-order valence-electron chi connectivity index (χ3n) is 4.02. The maximum atomic E-state index is 12.7. The molecule has 2 aromatic rings. The largest absolute Gasteiger partial charge is 0.308 e. The number of hydrogen-bond donors (Lipinski definition) is 1. The number of aryl methyl sites for hydroxylation is 5. The summed E-state index contributed by atoms with van der Waals surface area (Å²) in [5.41, 5.74) is 3.92. The zero-order valence-corrected chi connectivity index (χ0v) is 17.5. The highest BCUT2D eigenvalue weighted by atomic mass is 35.7. The third-order valence-corrected chi connectivity index (χ3v) is 6.84. The molecule has 1 heterocycles. The van der Waals surface area contributed by atoms with Crippen molar-refractivity contribution < 1.29 is 41.4 Å². The zero-order valence-electron chi connectivity index (χ0n) is 15.2. The van der Waals surface area contributed by atoms with Gasteiger partial charge in [-0.1, -0.05) is 22.5 Å². The van der Waals surface area contributed by atoms with Gasteiger partial charge in [0.1, 0.15) is 0 Å². The Morgan fingerprint density at radius 3 is 2.07 bits per heavy atom. The second-order valence-electron chi connectivity index (χ2n) is 6.40. The number of fused-ring (bicyclic) bond motifs is 1. The van der Waals surface area contributed by atoms with Crippen LogP contribution < -0.4 is 27.5 Å². The van der Waals surface area contributed by atoms with Crippen LogP contribution in [0.5, 0.6) is 0 Å². The Labute approximate surface area is 164 Å². The number of benzene rings is 1. The molecule has 0 unspecified atom stereocenters. The molecule has 0 spiro atoms. The summed E-state index contributed by atoms with van der Waals surface area (Å²) in [6.45, 7) is 5.67. The molecule has 3 rings (SSSR count). The second-order valence-corrected chi connectivity index (χ2v) is 9.82. The summed E-state index contributed by atoms with van der Waals surface area (Å²) in [6.07, 6.45) is 6.40. The number of nitrogens with one attached hydrogen (secondary N) is 1. The first-order valence-corrected chi connectivity index (χ1v) is 11.6. The van der Waals surface area contributed by atoms with E-state index in [1.165, 1.54) is 34.8 Å². The monoisotopic (exact) mass is 436 g/mol. The van der Waals surface area contributed by atoms with Crippen molar-refractivity contribution in [3.05, 3.63) is 45.5 Å². The van der Waals surface area contributed by atoms with Gasteiger partial charge in [0.05, 0.1) is 9.77 Å². The summed E-state index contributed by atoms with van der Waals surface area (Å²) in [5.74, 6) is 0. The normalized spacial score (nSPS) is 14.2. The number of rotatable bonds is 3. The molecule has 0 radical (unpaired) electrons. The number of hydrogen-bond acceptors (Lipinski definition) is 7. The van der Waals surface area contributed by atoms with Crippen molar-refractivity contribution in [2.24, 2.45) is 0 Å². The molecule has 0 aliphatic heterocycles. The molecule has 0 bridgehead atoms. The van der Waals surface area contributed by atoms with E-state index in [1.54, 1.807) is 4.07 Å². The fourth-order valence-electron chi connectivity index (χ4n) is 3.23. The van der Waals surface area contributed by atoms with Crippen LogP contribution in [0.15, 0.2) is 23.2 Å². The van der Waals surface area contributed by atoms with E-state index in [0.717, 1.165) is 29.5 Å². The molecule has 27 heavy (non-hydrogen) atoms. The van der Waals surface area contributed by atoms with Crippen LogP contribution in [0.25, 0.3) is 0 Å². The van der Waals surface area contributed by atoms with Crippen molar-refractivity contribution in [2.75, 3.05) is 4.83 Å². The molecule has 0 fully saturated rings. The highest BCUT2D eigenvalue weighted by molar-refractivity contribution is 7.92. The predicted octanol–water partition coefficient (Wildman–Crippen LogP) is -1.98. The average molecular weight is 437 g/mol. The molecule has 1 N–H and O–H groups in total. The maximum Gasteiger partial charge on any atom is 0.308 e. The van der Waals surface area contributed by atoms with Crippen molar-refractivity contribution in [2.45, 2.75) is 51.3 Å². The van der Waals surface area contributed by atoms with Gasteiger partial charge in [-0.15, -0.1) is 10.2 Å². The van der Waals surface area contributed by atoms with Gasteiger partial charge in [0, 0.05) is 5.56 Å². The summed E-state index contributed by atoms with van der Waals surface area (Å²) >= 11 is 1.50. The number of halogens is 1. The van der Waals surface area contributed by atoms with Gasteiger partial charge >= 0.3 is 10.0 Å². The van der Waals surface area contributed by atoms with Gasteiger partial charge in [0.15, 0.2) is 11.5 Å². The van der Waals surface area contributed by atoms with E-state index in [9.17, 15) is 8.42 Å². The second kappa shape index (κ2) is 8.39. The first-order chi connectivity index (χ1) is 12.4. The third kappa shape index (κ3) is 6.39. The van der Waals surface area contributed by atoms with Gasteiger partial charge in [0.2, 0.25) is 6.20 Å². The molecule has 0 atom stereocenters. The van der Waals surface area contributed by atoms with E-state index < -0.39 is 20.3 Å². The molecule has 8 nitrogen and oxygen atoms in total. The van der Waals surface area contributed by atoms with Gasteiger partial charge in [-0.25, -0.2) is 18.6 Å². The summed E-state index contributed by atoms with van der Waals surface area (Å²) in [6, 6.07) is 3.82. The van der Waals surface area contributed by atoms with Gasteiger partial charge in [-0.3, -0.25) is 0 Å².